The Labute approximate surface area is 157 Å². The average Bonchev–Trinajstić information content (AvgIpc) is 2.94. The molecule has 1 aliphatic heterocycles. The molecule has 3 rings (SSSR count). The van der Waals surface area contributed by atoms with Gasteiger partial charge < -0.3 is 14.8 Å². The Morgan fingerprint density at radius 2 is 2.04 bits per heavy atom. The van der Waals surface area contributed by atoms with Crippen molar-refractivity contribution in [3.05, 3.63) is 58.5 Å². The van der Waals surface area contributed by atoms with Crippen molar-refractivity contribution in [2.45, 2.75) is 13.8 Å². The van der Waals surface area contributed by atoms with Crippen LogP contribution in [0.25, 0.3) is 6.08 Å². The van der Waals surface area contributed by atoms with E-state index in [4.69, 9.17) is 9.47 Å². The second-order valence-corrected chi connectivity index (χ2v) is 6.66. The van der Waals surface area contributed by atoms with E-state index in [1.807, 2.05) is 56.3 Å². The fourth-order valence-electron chi connectivity index (χ4n) is 2.57. The van der Waals surface area contributed by atoms with Crippen molar-refractivity contribution in [1.82, 2.24) is 5.32 Å². The molecule has 0 aromatic heterocycles. The predicted octanol–water partition coefficient (Wildman–Crippen LogP) is 4.29. The van der Waals surface area contributed by atoms with E-state index in [0.717, 1.165) is 16.8 Å². The van der Waals surface area contributed by atoms with E-state index in [9.17, 15) is 4.79 Å². The summed E-state index contributed by atoms with van der Waals surface area (Å²) < 4.78 is 11.1. The number of carbonyl (C=O) groups is 1. The van der Waals surface area contributed by atoms with Crippen LogP contribution >= 0.6 is 11.8 Å². The summed E-state index contributed by atoms with van der Waals surface area (Å²) in [5.41, 5.74) is 2.72. The quantitative estimate of drug-likeness (QED) is 0.800. The monoisotopic (exact) mass is 368 g/mol. The number of thioether (sulfide) groups is 1. The molecule has 5 nitrogen and oxygen atoms in total. The third kappa shape index (κ3) is 4.08. The Balaban J connectivity index is 1.89. The number of amides is 1. The zero-order valence-corrected chi connectivity index (χ0v) is 15.7. The Kier molecular flexibility index (Phi) is 5.63. The van der Waals surface area contributed by atoms with Crippen molar-refractivity contribution < 1.29 is 14.3 Å². The molecule has 1 N–H and O–H groups in total. The van der Waals surface area contributed by atoms with E-state index < -0.39 is 0 Å². The topological polar surface area (TPSA) is 59.9 Å². The standard InChI is InChI=1S/C20H20N2O3S/c1-4-25-16-10-6-8-14(18(16)24-3)12-17-19(23)22-20(26-17)21-15-9-5-7-13(2)11-15/h5-12H,4H2,1-3H3,(H,21,22,23)/b17-12-. The number of aryl methyl sites for hydroxylation is 1. The molecule has 1 saturated heterocycles. The van der Waals surface area contributed by atoms with Crippen LogP contribution in [0.2, 0.25) is 0 Å². The summed E-state index contributed by atoms with van der Waals surface area (Å²) in [4.78, 5) is 17.4. The summed E-state index contributed by atoms with van der Waals surface area (Å²) in [6, 6.07) is 13.4. The first-order valence-corrected chi connectivity index (χ1v) is 9.08. The third-order valence-electron chi connectivity index (χ3n) is 3.68. The second kappa shape index (κ2) is 8.10. The SMILES string of the molecule is CCOc1cccc(/C=C2\SC(=Nc3cccc(C)c3)NC2=O)c1OC. The highest BCUT2D eigenvalue weighted by molar-refractivity contribution is 8.18. The van der Waals surface area contributed by atoms with Crippen LogP contribution in [0.5, 0.6) is 11.5 Å². The Morgan fingerprint density at radius 3 is 2.77 bits per heavy atom. The number of nitrogens with zero attached hydrogens (tertiary/aromatic N) is 1. The average molecular weight is 368 g/mol. The van der Waals surface area contributed by atoms with Crippen LogP contribution in [0.15, 0.2) is 52.4 Å². The number of benzene rings is 2. The van der Waals surface area contributed by atoms with E-state index in [2.05, 4.69) is 10.3 Å². The lowest BCUT2D eigenvalue weighted by Crippen LogP contribution is -2.19. The number of methoxy groups -OCH3 is 1. The van der Waals surface area contributed by atoms with Crippen molar-refractivity contribution in [1.29, 1.82) is 0 Å². The molecule has 0 radical (unpaired) electrons. The first kappa shape index (κ1) is 18.1. The summed E-state index contributed by atoms with van der Waals surface area (Å²) in [6.45, 7) is 4.46. The van der Waals surface area contributed by atoms with Gasteiger partial charge in [-0.05, 0) is 55.4 Å². The molecule has 1 aliphatic rings. The van der Waals surface area contributed by atoms with Crippen molar-refractivity contribution >= 4 is 34.6 Å². The fraction of sp³-hybridized carbons (Fsp3) is 0.200. The van der Waals surface area contributed by atoms with Gasteiger partial charge in [0.25, 0.3) is 5.91 Å². The number of hydrogen-bond donors (Lipinski definition) is 1. The molecule has 0 atom stereocenters. The van der Waals surface area contributed by atoms with Crippen LogP contribution in [-0.2, 0) is 4.79 Å². The molecular weight excluding hydrogens is 348 g/mol. The molecule has 1 heterocycles. The number of aliphatic imine (C=N–C) groups is 1. The maximum absolute atomic E-state index is 12.3. The molecule has 0 bridgehead atoms. The van der Waals surface area contributed by atoms with Crippen LogP contribution in [0, 0.1) is 6.92 Å². The van der Waals surface area contributed by atoms with E-state index in [1.165, 1.54) is 11.8 Å². The minimum absolute atomic E-state index is 0.176. The van der Waals surface area contributed by atoms with Gasteiger partial charge in [-0.2, -0.15) is 0 Å². The zero-order chi connectivity index (χ0) is 18.5. The van der Waals surface area contributed by atoms with Crippen LogP contribution in [0.1, 0.15) is 18.1 Å². The van der Waals surface area contributed by atoms with Gasteiger partial charge in [0.05, 0.1) is 24.3 Å². The number of hydrogen-bond acceptors (Lipinski definition) is 5. The second-order valence-electron chi connectivity index (χ2n) is 5.63. The summed E-state index contributed by atoms with van der Waals surface area (Å²) in [5, 5.41) is 3.36. The molecule has 0 spiro atoms. The molecule has 134 valence electrons. The lowest BCUT2D eigenvalue weighted by molar-refractivity contribution is -0.115. The van der Waals surface area contributed by atoms with E-state index >= 15 is 0 Å². The Bertz CT molecular complexity index is 890. The Hall–Kier alpha value is -2.73. The maximum Gasteiger partial charge on any atom is 0.264 e. The molecule has 2 aromatic rings. The largest absolute Gasteiger partial charge is 0.492 e. The van der Waals surface area contributed by atoms with Crippen LogP contribution in [0.3, 0.4) is 0 Å². The van der Waals surface area contributed by atoms with Crippen LogP contribution < -0.4 is 14.8 Å². The predicted molar refractivity (Wildman–Crippen MR) is 106 cm³/mol. The number of nitrogens with one attached hydrogen (secondary N) is 1. The lowest BCUT2D eigenvalue weighted by Gasteiger charge is -2.11. The van der Waals surface area contributed by atoms with E-state index in [-0.39, 0.29) is 5.91 Å². The highest BCUT2D eigenvalue weighted by Gasteiger charge is 2.24. The Morgan fingerprint density at radius 1 is 1.23 bits per heavy atom. The van der Waals surface area contributed by atoms with Crippen molar-refractivity contribution in [3.63, 3.8) is 0 Å². The van der Waals surface area contributed by atoms with Crippen LogP contribution in [-0.4, -0.2) is 24.8 Å². The van der Waals surface area contributed by atoms with Crippen molar-refractivity contribution in [2.75, 3.05) is 13.7 Å². The number of ether oxygens (including phenoxy) is 2. The smallest absolute Gasteiger partial charge is 0.264 e. The summed E-state index contributed by atoms with van der Waals surface area (Å²) in [6.07, 6.45) is 1.79. The summed E-state index contributed by atoms with van der Waals surface area (Å²) in [5.74, 6) is 1.09. The summed E-state index contributed by atoms with van der Waals surface area (Å²) >= 11 is 1.31. The molecule has 0 saturated carbocycles. The third-order valence-corrected chi connectivity index (χ3v) is 4.59. The first-order valence-electron chi connectivity index (χ1n) is 8.26. The molecule has 0 unspecified atom stereocenters. The van der Waals surface area contributed by atoms with Crippen molar-refractivity contribution in [3.8, 4) is 11.5 Å². The highest BCUT2D eigenvalue weighted by atomic mass is 32.2. The van der Waals surface area contributed by atoms with E-state index in [1.54, 1.807) is 13.2 Å². The zero-order valence-electron chi connectivity index (χ0n) is 14.9. The maximum atomic E-state index is 12.3. The molecular formula is C20H20N2O3S. The highest BCUT2D eigenvalue weighted by Crippen LogP contribution is 2.35. The fourth-order valence-corrected chi connectivity index (χ4v) is 3.40. The van der Waals surface area contributed by atoms with Crippen molar-refractivity contribution in [2.24, 2.45) is 4.99 Å². The van der Waals surface area contributed by atoms with Gasteiger partial charge in [0.2, 0.25) is 0 Å². The lowest BCUT2D eigenvalue weighted by atomic mass is 10.1. The number of amidine groups is 1. The van der Waals surface area contributed by atoms with Gasteiger partial charge in [0.1, 0.15) is 0 Å². The molecule has 1 fully saturated rings. The minimum Gasteiger partial charge on any atom is -0.492 e. The van der Waals surface area contributed by atoms with Gasteiger partial charge >= 0.3 is 0 Å². The van der Waals surface area contributed by atoms with Gasteiger partial charge in [-0.1, -0.05) is 24.3 Å². The number of para-hydroxylation sites is 1. The molecule has 2 aromatic carbocycles. The molecule has 0 aliphatic carbocycles. The van der Waals surface area contributed by atoms with Crippen LogP contribution in [0.4, 0.5) is 5.69 Å². The summed E-state index contributed by atoms with van der Waals surface area (Å²) in [7, 11) is 1.59. The molecule has 6 heteroatoms. The van der Waals surface area contributed by atoms with Gasteiger partial charge in [-0.25, -0.2) is 4.99 Å². The normalized spacial score (nSPS) is 16.8. The van der Waals surface area contributed by atoms with Gasteiger partial charge in [0.15, 0.2) is 16.7 Å². The minimum atomic E-state index is -0.176. The number of carbonyl (C=O) groups excluding carboxylic acids is 1. The van der Waals surface area contributed by atoms with Gasteiger partial charge in [0, 0.05) is 5.56 Å². The van der Waals surface area contributed by atoms with Gasteiger partial charge in [-0.15, -0.1) is 0 Å². The number of rotatable bonds is 5. The van der Waals surface area contributed by atoms with E-state index in [0.29, 0.717) is 28.2 Å². The first-order chi connectivity index (χ1) is 12.6. The molecule has 26 heavy (non-hydrogen) atoms. The van der Waals surface area contributed by atoms with Gasteiger partial charge in [-0.3, -0.25) is 4.79 Å². The molecule has 1 amide bonds.